The van der Waals surface area contributed by atoms with E-state index in [1.165, 1.54) is 89.2 Å². The van der Waals surface area contributed by atoms with Crippen LogP contribution in [-0.4, -0.2) is 16.8 Å². The first kappa shape index (κ1) is 24.8. The summed E-state index contributed by atoms with van der Waals surface area (Å²) in [6, 6.07) is 0. The van der Waals surface area contributed by atoms with Gasteiger partial charge in [-0.1, -0.05) is 82.8 Å². The number of allylic oxidation sites excluding steroid dienone is 2. The van der Waals surface area contributed by atoms with Gasteiger partial charge in [0.2, 0.25) is 0 Å². The molecule has 0 aromatic heterocycles. The van der Waals surface area contributed by atoms with Gasteiger partial charge in [0.15, 0.2) is 0 Å². The summed E-state index contributed by atoms with van der Waals surface area (Å²) in [7, 11) is 0. The molecule has 0 saturated heterocycles. The second kappa shape index (κ2) is 13.9. The van der Waals surface area contributed by atoms with Gasteiger partial charge < -0.3 is 0 Å². The SMILES string of the molecule is CCCCCCCCCCCCSC(CC(C)=O)C1(C)CCCC(C)=C1C. The van der Waals surface area contributed by atoms with Crippen molar-refractivity contribution in [2.45, 2.75) is 130 Å². The molecule has 0 radical (unpaired) electrons. The average Bonchev–Trinajstić information content (AvgIpc) is 2.63. The van der Waals surface area contributed by atoms with Crippen LogP contribution in [0, 0.1) is 5.41 Å². The molecule has 2 heteroatoms. The van der Waals surface area contributed by atoms with E-state index in [1.807, 2.05) is 0 Å². The van der Waals surface area contributed by atoms with Crippen LogP contribution in [0.3, 0.4) is 0 Å². The van der Waals surface area contributed by atoms with Crippen LogP contribution in [0.25, 0.3) is 0 Å². The maximum atomic E-state index is 11.9. The molecule has 1 aliphatic rings. The molecule has 0 spiro atoms. The van der Waals surface area contributed by atoms with Crippen LogP contribution < -0.4 is 0 Å². The van der Waals surface area contributed by atoms with Gasteiger partial charge in [0, 0.05) is 17.1 Å². The van der Waals surface area contributed by atoms with Crippen molar-refractivity contribution in [2.24, 2.45) is 5.41 Å². The number of unbranched alkanes of at least 4 members (excludes halogenated alkanes) is 9. The second-order valence-electron chi connectivity index (χ2n) is 9.12. The highest BCUT2D eigenvalue weighted by atomic mass is 32.2. The summed E-state index contributed by atoms with van der Waals surface area (Å²) in [5.41, 5.74) is 3.35. The van der Waals surface area contributed by atoms with Crippen LogP contribution in [0.5, 0.6) is 0 Å². The maximum Gasteiger partial charge on any atom is 0.130 e. The Morgan fingerprint density at radius 1 is 1.00 bits per heavy atom. The monoisotopic (exact) mass is 394 g/mol. The molecule has 0 bridgehead atoms. The zero-order valence-corrected chi connectivity index (χ0v) is 19.8. The summed E-state index contributed by atoms with van der Waals surface area (Å²) in [4.78, 5) is 11.9. The zero-order chi connectivity index (χ0) is 20.1. The molecule has 27 heavy (non-hydrogen) atoms. The quantitative estimate of drug-likeness (QED) is 0.204. The normalized spacial score (nSPS) is 21.5. The molecule has 0 N–H and O–H groups in total. The van der Waals surface area contributed by atoms with Crippen LogP contribution in [0.1, 0.15) is 125 Å². The highest BCUT2D eigenvalue weighted by Crippen LogP contribution is 2.48. The number of ketones is 1. The van der Waals surface area contributed by atoms with Crippen LogP contribution in [0.2, 0.25) is 0 Å². The Kier molecular flexibility index (Phi) is 12.7. The van der Waals surface area contributed by atoms with Crippen molar-refractivity contribution in [3.05, 3.63) is 11.1 Å². The minimum atomic E-state index is 0.219. The molecule has 0 aromatic rings. The molecule has 0 aliphatic heterocycles. The number of carbonyl (C=O) groups excluding carboxylic acids is 1. The van der Waals surface area contributed by atoms with Gasteiger partial charge in [0.1, 0.15) is 5.78 Å². The third-order valence-corrected chi connectivity index (χ3v) is 8.36. The zero-order valence-electron chi connectivity index (χ0n) is 19.0. The van der Waals surface area contributed by atoms with Gasteiger partial charge in [-0.15, -0.1) is 0 Å². The third kappa shape index (κ3) is 9.20. The number of hydrogen-bond donors (Lipinski definition) is 0. The molecular weight excluding hydrogens is 348 g/mol. The molecule has 0 saturated carbocycles. The predicted octanol–water partition coefficient (Wildman–Crippen LogP) is 8.51. The number of thioether (sulfide) groups is 1. The van der Waals surface area contributed by atoms with E-state index in [0.717, 1.165) is 6.42 Å². The van der Waals surface area contributed by atoms with Crippen LogP contribution in [0.4, 0.5) is 0 Å². The lowest BCUT2D eigenvalue weighted by Gasteiger charge is -2.42. The Balaban J connectivity index is 2.30. The molecule has 0 fully saturated rings. The Labute approximate surface area is 174 Å². The van der Waals surface area contributed by atoms with Gasteiger partial charge in [-0.2, -0.15) is 11.8 Å². The number of hydrogen-bond acceptors (Lipinski definition) is 2. The van der Waals surface area contributed by atoms with Gasteiger partial charge in [0.05, 0.1) is 0 Å². The standard InChI is InChI=1S/C25H46OS/c1-6-7-8-9-10-11-12-13-14-15-19-27-24(20-22(3)26)25(5)18-16-17-21(2)23(25)4/h24H,6-20H2,1-5H3. The van der Waals surface area contributed by atoms with Crippen molar-refractivity contribution < 1.29 is 4.79 Å². The fourth-order valence-electron chi connectivity index (χ4n) is 4.53. The van der Waals surface area contributed by atoms with E-state index in [1.54, 1.807) is 18.1 Å². The van der Waals surface area contributed by atoms with Gasteiger partial charge in [0.25, 0.3) is 0 Å². The fraction of sp³-hybridized carbons (Fsp3) is 0.880. The van der Waals surface area contributed by atoms with Crippen LogP contribution in [0.15, 0.2) is 11.1 Å². The van der Waals surface area contributed by atoms with Crippen molar-refractivity contribution in [3.63, 3.8) is 0 Å². The lowest BCUT2D eigenvalue weighted by atomic mass is 9.69. The Bertz CT molecular complexity index is 453. The van der Waals surface area contributed by atoms with E-state index in [0.29, 0.717) is 11.0 Å². The molecule has 0 aromatic carbocycles. The Hall–Kier alpha value is -0.240. The summed E-state index contributed by atoms with van der Waals surface area (Å²) < 4.78 is 0. The first-order valence-electron chi connectivity index (χ1n) is 11.7. The van der Waals surface area contributed by atoms with Crippen LogP contribution in [-0.2, 0) is 4.79 Å². The minimum Gasteiger partial charge on any atom is -0.300 e. The van der Waals surface area contributed by atoms with Crippen molar-refractivity contribution in [2.75, 3.05) is 5.75 Å². The Morgan fingerprint density at radius 3 is 2.11 bits per heavy atom. The molecule has 2 atom stereocenters. The summed E-state index contributed by atoms with van der Waals surface area (Å²) in [6.07, 6.45) is 18.5. The topological polar surface area (TPSA) is 17.1 Å². The molecule has 158 valence electrons. The summed E-state index contributed by atoms with van der Waals surface area (Å²) in [6.45, 7) is 11.1. The first-order valence-corrected chi connectivity index (χ1v) is 12.7. The van der Waals surface area contributed by atoms with E-state index >= 15 is 0 Å². The highest BCUT2D eigenvalue weighted by molar-refractivity contribution is 7.99. The van der Waals surface area contributed by atoms with E-state index in [9.17, 15) is 4.79 Å². The molecular formula is C25H46OS. The van der Waals surface area contributed by atoms with Crippen molar-refractivity contribution in [1.82, 2.24) is 0 Å². The second-order valence-corrected chi connectivity index (χ2v) is 10.4. The van der Waals surface area contributed by atoms with E-state index < -0.39 is 0 Å². The van der Waals surface area contributed by atoms with E-state index in [2.05, 4.69) is 39.5 Å². The van der Waals surface area contributed by atoms with Gasteiger partial charge in [-0.25, -0.2) is 0 Å². The van der Waals surface area contributed by atoms with Gasteiger partial charge in [-0.05, 0) is 52.2 Å². The maximum absolute atomic E-state index is 11.9. The van der Waals surface area contributed by atoms with Crippen molar-refractivity contribution >= 4 is 17.5 Å². The number of rotatable bonds is 15. The highest BCUT2D eigenvalue weighted by Gasteiger charge is 2.38. The van der Waals surface area contributed by atoms with Crippen LogP contribution >= 0.6 is 11.8 Å². The Morgan fingerprint density at radius 2 is 1.56 bits per heavy atom. The smallest absolute Gasteiger partial charge is 0.130 e. The lowest BCUT2D eigenvalue weighted by molar-refractivity contribution is -0.117. The average molecular weight is 395 g/mol. The number of Topliss-reactive ketones (excluding diaryl/α,β-unsaturated/α-hetero) is 1. The van der Waals surface area contributed by atoms with Crippen molar-refractivity contribution in [1.29, 1.82) is 0 Å². The lowest BCUT2D eigenvalue weighted by Crippen LogP contribution is -2.35. The molecule has 0 amide bonds. The molecule has 0 heterocycles. The molecule has 1 rings (SSSR count). The number of carbonyl (C=O) groups is 1. The largest absolute Gasteiger partial charge is 0.300 e. The summed E-state index contributed by atoms with van der Waals surface area (Å²) in [5.74, 6) is 1.57. The summed E-state index contributed by atoms with van der Waals surface area (Å²) in [5, 5.41) is 0.462. The van der Waals surface area contributed by atoms with Gasteiger partial charge >= 0.3 is 0 Å². The fourth-order valence-corrected chi connectivity index (χ4v) is 6.20. The molecule has 2 unspecified atom stereocenters. The first-order chi connectivity index (χ1) is 12.9. The van der Waals surface area contributed by atoms with Gasteiger partial charge in [-0.3, -0.25) is 4.79 Å². The predicted molar refractivity (Wildman–Crippen MR) is 124 cm³/mol. The van der Waals surface area contributed by atoms with E-state index in [4.69, 9.17) is 0 Å². The van der Waals surface area contributed by atoms with Crippen molar-refractivity contribution in [3.8, 4) is 0 Å². The molecule has 1 nitrogen and oxygen atoms in total. The summed E-state index contributed by atoms with van der Waals surface area (Å²) >= 11 is 2.08. The minimum absolute atomic E-state index is 0.219. The van der Waals surface area contributed by atoms with E-state index in [-0.39, 0.29) is 5.41 Å². The third-order valence-electron chi connectivity index (χ3n) is 6.75. The molecule has 1 aliphatic carbocycles.